The molecule has 0 N–H and O–H groups in total. The molecule has 1 heterocycles. The minimum Gasteiger partial charge on any atom is -0.335 e. The molecule has 0 radical (unpaired) electrons. The first-order valence-corrected chi connectivity index (χ1v) is 6.15. The van der Waals surface area contributed by atoms with Crippen molar-refractivity contribution in [3.63, 3.8) is 0 Å². The Morgan fingerprint density at radius 3 is 2.59 bits per heavy atom. The smallest absolute Gasteiger partial charge is 0.225 e. The van der Waals surface area contributed by atoms with Crippen molar-refractivity contribution in [3.05, 3.63) is 35.6 Å². The van der Waals surface area contributed by atoms with Gasteiger partial charge in [0.1, 0.15) is 5.82 Å². The van der Waals surface area contributed by atoms with Gasteiger partial charge in [-0.15, -0.1) is 0 Å². The Labute approximate surface area is 101 Å². The van der Waals surface area contributed by atoms with Crippen LogP contribution in [0, 0.1) is 11.7 Å². The molecule has 1 atom stereocenters. The normalized spacial score (nSPS) is 20.0. The second-order valence-electron chi connectivity index (χ2n) is 4.90. The summed E-state index contributed by atoms with van der Waals surface area (Å²) >= 11 is 0. The van der Waals surface area contributed by atoms with E-state index in [2.05, 4.69) is 0 Å². The third-order valence-electron chi connectivity index (χ3n) is 3.28. The summed E-state index contributed by atoms with van der Waals surface area (Å²) in [6.45, 7) is 4.66. The highest BCUT2D eigenvalue weighted by Crippen LogP contribution is 2.32. The molecule has 0 aromatic heterocycles. The average molecular weight is 235 g/mol. The lowest BCUT2D eigenvalue weighted by Gasteiger charge is -2.26. The number of likely N-dealkylation sites (tertiary alicyclic amines) is 1. The van der Waals surface area contributed by atoms with Crippen LogP contribution in [0.25, 0.3) is 0 Å². The molecule has 2 rings (SSSR count). The molecule has 1 aromatic rings. The van der Waals surface area contributed by atoms with E-state index in [9.17, 15) is 9.18 Å². The minimum atomic E-state index is -0.228. The van der Waals surface area contributed by atoms with Gasteiger partial charge in [0.25, 0.3) is 0 Å². The molecule has 0 unspecified atom stereocenters. The summed E-state index contributed by atoms with van der Waals surface area (Å²) in [5.74, 6) is -0.0126. The molecule has 0 saturated carbocycles. The lowest BCUT2D eigenvalue weighted by molar-refractivity contribution is -0.135. The van der Waals surface area contributed by atoms with Crippen LogP contribution in [0.1, 0.15) is 38.3 Å². The predicted molar refractivity (Wildman–Crippen MR) is 64.9 cm³/mol. The Morgan fingerprint density at radius 1 is 1.35 bits per heavy atom. The molecule has 0 aliphatic carbocycles. The summed E-state index contributed by atoms with van der Waals surface area (Å²) in [5, 5.41) is 0. The monoisotopic (exact) mass is 235 g/mol. The van der Waals surface area contributed by atoms with Gasteiger partial charge >= 0.3 is 0 Å². The third kappa shape index (κ3) is 2.48. The number of halogens is 1. The van der Waals surface area contributed by atoms with Gasteiger partial charge in [-0.2, -0.15) is 0 Å². The molecule has 1 aliphatic rings. The Kier molecular flexibility index (Phi) is 3.46. The first-order valence-electron chi connectivity index (χ1n) is 6.15. The van der Waals surface area contributed by atoms with Crippen LogP contribution < -0.4 is 0 Å². The van der Waals surface area contributed by atoms with Crippen LogP contribution in [0.4, 0.5) is 4.39 Å². The van der Waals surface area contributed by atoms with Gasteiger partial charge in [0.05, 0.1) is 6.04 Å². The number of rotatable bonds is 2. The molecule has 0 spiro atoms. The molecule has 3 heteroatoms. The van der Waals surface area contributed by atoms with Crippen molar-refractivity contribution >= 4 is 5.91 Å². The van der Waals surface area contributed by atoms with Crippen molar-refractivity contribution < 1.29 is 9.18 Å². The number of carbonyl (C=O) groups is 1. The third-order valence-corrected chi connectivity index (χ3v) is 3.28. The molecule has 92 valence electrons. The molecule has 1 amide bonds. The molecule has 0 bridgehead atoms. The maximum atomic E-state index is 12.9. The van der Waals surface area contributed by atoms with E-state index in [0.29, 0.717) is 0 Å². The fourth-order valence-corrected chi connectivity index (χ4v) is 2.39. The van der Waals surface area contributed by atoms with Crippen molar-refractivity contribution in [3.8, 4) is 0 Å². The van der Waals surface area contributed by atoms with E-state index in [1.54, 1.807) is 12.1 Å². The van der Waals surface area contributed by atoms with Crippen molar-refractivity contribution in [2.45, 2.75) is 32.7 Å². The minimum absolute atomic E-state index is 0.0241. The van der Waals surface area contributed by atoms with Gasteiger partial charge in [-0.1, -0.05) is 26.0 Å². The Hall–Kier alpha value is -1.38. The zero-order chi connectivity index (χ0) is 12.4. The SMILES string of the molecule is CC(C)C(=O)N1CCC[C@@H]1c1ccc(F)cc1. The Balaban J connectivity index is 2.20. The van der Waals surface area contributed by atoms with Crippen LogP contribution in [-0.4, -0.2) is 17.4 Å². The molecular formula is C14H18FNO. The first-order chi connectivity index (χ1) is 8.09. The number of amides is 1. The number of nitrogens with zero attached hydrogens (tertiary/aromatic N) is 1. The lowest BCUT2D eigenvalue weighted by Crippen LogP contribution is -2.33. The maximum Gasteiger partial charge on any atom is 0.225 e. The van der Waals surface area contributed by atoms with Gasteiger partial charge in [-0.3, -0.25) is 4.79 Å². The van der Waals surface area contributed by atoms with Crippen molar-refractivity contribution in [2.75, 3.05) is 6.54 Å². The van der Waals surface area contributed by atoms with E-state index < -0.39 is 0 Å². The highest BCUT2D eigenvalue weighted by Gasteiger charge is 2.30. The van der Waals surface area contributed by atoms with E-state index in [0.717, 1.165) is 24.9 Å². The van der Waals surface area contributed by atoms with Gasteiger partial charge in [0, 0.05) is 12.5 Å². The van der Waals surface area contributed by atoms with Crippen LogP contribution in [0.2, 0.25) is 0 Å². The summed E-state index contributed by atoms with van der Waals surface area (Å²) in [6, 6.07) is 6.63. The zero-order valence-electron chi connectivity index (χ0n) is 10.3. The number of carbonyl (C=O) groups excluding carboxylic acids is 1. The highest BCUT2D eigenvalue weighted by atomic mass is 19.1. The molecule has 17 heavy (non-hydrogen) atoms. The summed E-state index contributed by atoms with van der Waals surface area (Å²) in [5.41, 5.74) is 1.04. The Morgan fingerprint density at radius 2 is 2.00 bits per heavy atom. The standard InChI is InChI=1S/C14H18FNO/c1-10(2)14(17)16-9-3-4-13(16)11-5-7-12(15)8-6-11/h5-8,10,13H,3-4,9H2,1-2H3/t13-/m1/s1. The van der Waals surface area contributed by atoms with Crippen LogP contribution in [0.5, 0.6) is 0 Å². The topological polar surface area (TPSA) is 20.3 Å². The van der Waals surface area contributed by atoms with E-state index in [4.69, 9.17) is 0 Å². The predicted octanol–water partition coefficient (Wildman–Crippen LogP) is 3.15. The van der Waals surface area contributed by atoms with Gasteiger partial charge in [0.15, 0.2) is 0 Å². The van der Waals surface area contributed by atoms with Crippen LogP contribution in [0.15, 0.2) is 24.3 Å². The molecule has 2 nitrogen and oxygen atoms in total. The molecule has 1 aliphatic heterocycles. The van der Waals surface area contributed by atoms with Gasteiger partial charge in [-0.05, 0) is 30.5 Å². The Bertz CT molecular complexity index is 399. The van der Waals surface area contributed by atoms with Crippen molar-refractivity contribution in [1.29, 1.82) is 0 Å². The summed E-state index contributed by atoms with van der Waals surface area (Å²) < 4.78 is 12.9. The van der Waals surface area contributed by atoms with Gasteiger partial charge < -0.3 is 4.90 Å². The van der Waals surface area contributed by atoms with E-state index in [-0.39, 0.29) is 23.7 Å². The quantitative estimate of drug-likeness (QED) is 0.771. The van der Waals surface area contributed by atoms with Gasteiger partial charge in [0.2, 0.25) is 5.91 Å². The maximum absolute atomic E-state index is 12.9. The molecule has 1 aromatic carbocycles. The number of benzene rings is 1. The zero-order valence-corrected chi connectivity index (χ0v) is 10.3. The van der Waals surface area contributed by atoms with Crippen molar-refractivity contribution in [1.82, 2.24) is 4.90 Å². The van der Waals surface area contributed by atoms with Crippen LogP contribution in [0.3, 0.4) is 0 Å². The fraction of sp³-hybridized carbons (Fsp3) is 0.500. The second kappa shape index (κ2) is 4.86. The van der Waals surface area contributed by atoms with E-state index in [1.807, 2.05) is 18.7 Å². The van der Waals surface area contributed by atoms with E-state index >= 15 is 0 Å². The van der Waals surface area contributed by atoms with Crippen molar-refractivity contribution in [2.24, 2.45) is 5.92 Å². The van der Waals surface area contributed by atoms with Crippen LogP contribution in [-0.2, 0) is 4.79 Å². The molecule has 1 saturated heterocycles. The first kappa shape index (κ1) is 12.1. The van der Waals surface area contributed by atoms with Gasteiger partial charge in [-0.25, -0.2) is 4.39 Å². The highest BCUT2D eigenvalue weighted by molar-refractivity contribution is 5.78. The average Bonchev–Trinajstić information content (AvgIpc) is 2.77. The summed E-state index contributed by atoms with van der Waals surface area (Å²) in [7, 11) is 0. The number of hydrogen-bond acceptors (Lipinski definition) is 1. The largest absolute Gasteiger partial charge is 0.335 e. The van der Waals surface area contributed by atoms with Crippen LogP contribution >= 0.6 is 0 Å². The lowest BCUT2D eigenvalue weighted by atomic mass is 10.0. The number of hydrogen-bond donors (Lipinski definition) is 0. The summed E-state index contributed by atoms with van der Waals surface area (Å²) in [4.78, 5) is 14.0. The second-order valence-corrected chi connectivity index (χ2v) is 4.90. The fourth-order valence-electron chi connectivity index (χ4n) is 2.39. The van der Waals surface area contributed by atoms with E-state index in [1.165, 1.54) is 12.1 Å². The summed E-state index contributed by atoms with van der Waals surface area (Å²) in [6.07, 6.45) is 2.00. The molecule has 1 fully saturated rings. The molecular weight excluding hydrogens is 217 g/mol.